The van der Waals surface area contributed by atoms with Crippen molar-refractivity contribution in [1.82, 2.24) is 9.88 Å². The standard InChI is InChI=1S/C16H21N3/c1-13-3-4-16(17)15(11-13)12-19(2)10-7-14-5-8-18-9-6-14/h3-6,8-9,11H,7,10,12,17H2,1-2H3. The van der Waals surface area contributed by atoms with Crippen molar-refractivity contribution in [3.8, 4) is 0 Å². The molecule has 0 spiro atoms. The van der Waals surface area contributed by atoms with Crippen molar-refractivity contribution >= 4 is 5.69 Å². The van der Waals surface area contributed by atoms with Gasteiger partial charge >= 0.3 is 0 Å². The SMILES string of the molecule is Cc1ccc(N)c(CN(C)CCc2ccncc2)c1. The van der Waals surface area contributed by atoms with Crippen LogP contribution in [-0.4, -0.2) is 23.5 Å². The van der Waals surface area contributed by atoms with Crippen LogP contribution in [0, 0.1) is 6.92 Å². The highest BCUT2D eigenvalue weighted by Crippen LogP contribution is 2.15. The summed E-state index contributed by atoms with van der Waals surface area (Å²) in [6.45, 7) is 4.00. The van der Waals surface area contributed by atoms with E-state index < -0.39 is 0 Å². The number of nitrogens with zero attached hydrogens (tertiary/aromatic N) is 2. The fourth-order valence-corrected chi connectivity index (χ4v) is 2.11. The molecule has 0 aliphatic rings. The molecule has 2 aromatic rings. The van der Waals surface area contributed by atoms with Gasteiger partial charge in [-0.15, -0.1) is 0 Å². The summed E-state index contributed by atoms with van der Waals surface area (Å²) < 4.78 is 0. The van der Waals surface area contributed by atoms with E-state index in [0.29, 0.717) is 0 Å². The topological polar surface area (TPSA) is 42.1 Å². The normalized spacial score (nSPS) is 10.9. The third-order valence-corrected chi connectivity index (χ3v) is 3.27. The molecule has 0 radical (unpaired) electrons. The van der Waals surface area contributed by atoms with Crippen LogP contribution in [0.15, 0.2) is 42.7 Å². The first-order chi connectivity index (χ1) is 9.15. The van der Waals surface area contributed by atoms with Gasteiger partial charge in [0.1, 0.15) is 0 Å². The summed E-state index contributed by atoms with van der Waals surface area (Å²) in [5, 5.41) is 0. The number of nitrogen functional groups attached to an aromatic ring is 1. The molecule has 100 valence electrons. The van der Waals surface area contributed by atoms with Crippen molar-refractivity contribution in [1.29, 1.82) is 0 Å². The molecule has 0 aliphatic heterocycles. The Kier molecular flexibility index (Phi) is 4.53. The molecule has 3 heteroatoms. The predicted octanol–water partition coefficient (Wildman–Crippen LogP) is 2.65. The zero-order valence-corrected chi connectivity index (χ0v) is 11.6. The Morgan fingerprint density at radius 2 is 1.89 bits per heavy atom. The molecule has 0 unspecified atom stereocenters. The second kappa shape index (κ2) is 6.34. The second-order valence-electron chi connectivity index (χ2n) is 5.05. The van der Waals surface area contributed by atoms with Gasteiger partial charge in [-0.3, -0.25) is 4.98 Å². The highest BCUT2D eigenvalue weighted by Gasteiger charge is 2.04. The molecule has 0 atom stereocenters. The number of pyridine rings is 1. The van der Waals surface area contributed by atoms with E-state index in [1.165, 1.54) is 16.7 Å². The Labute approximate surface area is 115 Å². The van der Waals surface area contributed by atoms with E-state index in [1.807, 2.05) is 18.5 Å². The van der Waals surface area contributed by atoms with E-state index in [-0.39, 0.29) is 0 Å². The molecule has 0 aliphatic carbocycles. The van der Waals surface area contributed by atoms with Crippen LogP contribution in [0.1, 0.15) is 16.7 Å². The first-order valence-corrected chi connectivity index (χ1v) is 6.57. The summed E-state index contributed by atoms with van der Waals surface area (Å²) in [4.78, 5) is 6.33. The quantitative estimate of drug-likeness (QED) is 0.835. The summed E-state index contributed by atoms with van der Waals surface area (Å²) in [5.74, 6) is 0. The lowest BCUT2D eigenvalue weighted by molar-refractivity contribution is 0.331. The van der Waals surface area contributed by atoms with E-state index in [4.69, 9.17) is 5.73 Å². The van der Waals surface area contributed by atoms with Crippen molar-refractivity contribution in [2.24, 2.45) is 0 Å². The number of aryl methyl sites for hydroxylation is 1. The summed E-state index contributed by atoms with van der Waals surface area (Å²) in [6, 6.07) is 10.3. The lowest BCUT2D eigenvalue weighted by Gasteiger charge is -2.18. The predicted molar refractivity (Wildman–Crippen MR) is 79.9 cm³/mol. The van der Waals surface area contributed by atoms with E-state index >= 15 is 0 Å². The molecule has 2 N–H and O–H groups in total. The number of benzene rings is 1. The van der Waals surface area contributed by atoms with Gasteiger partial charge in [0.15, 0.2) is 0 Å². The van der Waals surface area contributed by atoms with Crippen LogP contribution in [0.5, 0.6) is 0 Å². The molecular formula is C16H21N3. The monoisotopic (exact) mass is 255 g/mol. The van der Waals surface area contributed by atoms with Gasteiger partial charge in [-0.1, -0.05) is 17.7 Å². The average molecular weight is 255 g/mol. The summed E-state index contributed by atoms with van der Waals surface area (Å²) in [6.07, 6.45) is 4.71. The average Bonchev–Trinajstić information content (AvgIpc) is 2.42. The summed E-state index contributed by atoms with van der Waals surface area (Å²) >= 11 is 0. The van der Waals surface area contributed by atoms with Gasteiger partial charge in [-0.25, -0.2) is 0 Å². The van der Waals surface area contributed by atoms with Crippen LogP contribution in [-0.2, 0) is 13.0 Å². The Bertz CT molecular complexity index is 523. The summed E-state index contributed by atoms with van der Waals surface area (Å²) in [5.41, 5.74) is 10.7. The molecule has 3 nitrogen and oxygen atoms in total. The van der Waals surface area contributed by atoms with Crippen molar-refractivity contribution in [3.63, 3.8) is 0 Å². The number of nitrogens with two attached hydrogens (primary N) is 1. The lowest BCUT2D eigenvalue weighted by atomic mass is 10.1. The van der Waals surface area contributed by atoms with Gasteiger partial charge in [-0.05, 0) is 49.7 Å². The zero-order valence-electron chi connectivity index (χ0n) is 11.6. The van der Waals surface area contributed by atoms with Crippen LogP contribution in [0.3, 0.4) is 0 Å². The van der Waals surface area contributed by atoms with Gasteiger partial charge in [-0.2, -0.15) is 0 Å². The third kappa shape index (κ3) is 4.07. The zero-order chi connectivity index (χ0) is 13.7. The fourth-order valence-electron chi connectivity index (χ4n) is 2.11. The van der Waals surface area contributed by atoms with Crippen LogP contribution in [0.4, 0.5) is 5.69 Å². The molecule has 0 bridgehead atoms. The number of hydrogen-bond donors (Lipinski definition) is 1. The number of hydrogen-bond acceptors (Lipinski definition) is 3. The lowest BCUT2D eigenvalue weighted by Crippen LogP contribution is -2.21. The van der Waals surface area contributed by atoms with Gasteiger partial charge in [0.25, 0.3) is 0 Å². The number of anilines is 1. The minimum Gasteiger partial charge on any atom is -0.398 e. The largest absolute Gasteiger partial charge is 0.398 e. The molecule has 1 aromatic heterocycles. The van der Waals surface area contributed by atoms with Gasteiger partial charge in [0, 0.05) is 31.2 Å². The molecule has 19 heavy (non-hydrogen) atoms. The second-order valence-corrected chi connectivity index (χ2v) is 5.05. The highest BCUT2D eigenvalue weighted by atomic mass is 15.1. The molecule has 1 aromatic carbocycles. The minimum atomic E-state index is 0.876. The number of aromatic nitrogens is 1. The van der Waals surface area contributed by atoms with Crippen molar-refractivity contribution in [2.45, 2.75) is 19.9 Å². The molecule has 2 rings (SSSR count). The van der Waals surface area contributed by atoms with Crippen molar-refractivity contribution in [3.05, 3.63) is 59.4 Å². The van der Waals surface area contributed by atoms with E-state index in [0.717, 1.165) is 25.2 Å². The summed E-state index contributed by atoms with van der Waals surface area (Å²) in [7, 11) is 2.13. The van der Waals surface area contributed by atoms with Crippen molar-refractivity contribution in [2.75, 3.05) is 19.3 Å². The van der Waals surface area contributed by atoms with Crippen LogP contribution >= 0.6 is 0 Å². The fraction of sp³-hybridized carbons (Fsp3) is 0.312. The van der Waals surface area contributed by atoms with E-state index in [9.17, 15) is 0 Å². The Morgan fingerprint density at radius 3 is 2.63 bits per heavy atom. The van der Waals surface area contributed by atoms with Crippen LogP contribution < -0.4 is 5.73 Å². The van der Waals surface area contributed by atoms with Crippen LogP contribution in [0.2, 0.25) is 0 Å². The molecular weight excluding hydrogens is 234 g/mol. The third-order valence-electron chi connectivity index (χ3n) is 3.27. The first-order valence-electron chi connectivity index (χ1n) is 6.57. The molecule has 1 heterocycles. The van der Waals surface area contributed by atoms with E-state index in [1.54, 1.807) is 0 Å². The minimum absolute atomic E-state index is 0.876. The maximum Gasteiger partial charge on any atom is 0.0359 e. The molecule has 0 saturated carbocycles. The van der Waals surface area contributed by atoms with Gasteiger partial charge < -0.3 is 10.6 Å². The van der Waals surface area contributed by atoms with Crippen LogP contribution in [0.25, 0.3) is 0 Å². The molecule has 0 fully saturated rings. The van der Waals surface area contributed by atoms with Gasteiger partial charge in [0.2, 0.25) is 0 Å². The number of likely N-dealkylation sites (N-methyl/N-ethyl adjacent to an activating group) is 1. The Hall–Kier alpha value is -1.87. The Balaban J connectivity index is 1.90. The first kappa shape index (κ1) is 13.6. The smallest absolute Gasteiger partial charge is 0.0359 e. The Morgan fingerprint density at radius 1 is 1.16 bits per heavy atom. The maximum absolute atomic E-state index is 6.01. The molecule has 0 saturated heterocycles. The van der Waals surface area contributed by atoms with Crippen molar-refractivity contribution < 1.29 is 0 Å². The highest BCUT2D eigenvalue weighted by molar-refractivity contribution is 5.48. The molecule has 0 amide bonds. The number of rotatable bonds is 5. The van der Waals surface area contributed by atoms with Gasteiger partial charge in [0.05, 0.1) is 0 Å². The van der Waals surface area contributed by atoms with E-state index in [2.05, 4.69) is 48.1 Å². The maximum atomic E-state index is 6.01.